The van der Waals surface area contributed by atoms with E-state index >= 15 is 0 Å². The minimum atomic E-state index is -0.149. The van der Waals surface area contributed by atoms with E-state index in [0.717, 1.165) is 46.1 Å². The first-order valence-electron chi connectivity index (χ1n) is 11.9. The number of aryl methyl sites for hydroxylation is 1. The molecule has 0 saturated heterocycles. The normalized spacial score (nSPS) is 13.3. The Balaban J connectivity index is 1.25. The molecule has 0 spiro atoms. The first-order chi connectivity index (χ1) is 17.2. The Hall–Kier alpha value is -4.26. The molecule has 5 aromatic rings. The first kappa shape index (κ1) is 21.3. The van der Waals surface area contributed by atoms with Gasteiger partial charge in [0.25, 0.3) is 5.91 Å². The summed E-state index contributed by atoms with van der Waals surface area (Å²) in [5.74, 6) is 1.74. The second-order valence-corrected chi connectivity index (χ2v) is 8.83. The van der Waals surface area contributed by atoms with Crippen molar-refractivity contribution in [1.29, 1.82) is 0 Å². The lowest BCUT2D eigenvalue weighted by Crippen LogP contribution is -2.28. The van der Waals surface area contributed by atoms with E-state index in [2.05, 4.69) is 27.5 Å². The zero-order valence-electron chi connectivity index (χ0n) is 19.4. The van der Waals surface area contributed by atoms with Crippen LogP contribution in [0, 0.1) is 6.92 Å². The number of fused-ring (bicyclic) bond motifs is 2. The number of amides is 1. The van der Waals surface area contributed by atoms with Gasteiger partial charge in [0, 0.05) is 23.2 Å². The summed E-state index contributed by atoms with van der Waals surface area (Å²) in [5, 5.41) is 10.6. The highest BCUT2D eigenvalue weighted by Gasteiger charge is 2.29. The van der Waals surface area contributed by atoms with Crippen LogP contribution in [0.15, 0.2) is 72.9 Å². The molecule has 2 aromatic carbocycles. The van der Waals surface area contributed by atoms with Crippen LogP contribution in [-0.4, -0.2) is 38.8 Å². The van der Waals surface area contributed by atoms with E-state index in [1.165, 1.54) is 0 Å². The fourth-order valence-corrected chi connectivity index (χ4v) is 4.46. The Labute approximate surface area is 202 Å². The van der Waals surface area contributed by atoms with Crippen LogP contribution in [0.1, 0.15) is 40.5 Å². The van der Waals surface area contributed by atoms with Gasteiger partial charge in [-0.1, -0.05) is 42.5 Å². The average Bonchev–Trinajstić information content (AvgIpc) is 3.70. The van der Waals surface area contributed by atoms with Crippen LogP contribution in [0.25, 0.3) is 27.6 Å². The van der Waals surface area contributed by atoms with Gasteiger partial charge in [0.2, 0.25) is 0 Å². The Bertz CT molecular complexity index is 1530. The van der Waals surface area contributed by atoms with Crippen molar-refractivity contribution in [3.8, 4) is 11.6 Å². The molecule has 0 radical (unpaired) electrons. The Kier molecular flexibility index (Phi) is 5.37. The number of hydrogen-bond donors (Lipinski definition) is 1. The van der Waals surface area contributed by atoms with E-state index < -0.39 is 0 Å². The summed E-state index contributed by atoms with van der Waals surface area (Å²) in [6.45, 7) is 2.66. The molecular weight excluding hydrogens is 438 g/mol. The standard InChI is InChI=1S/C28H25N5O2/c1-18-26-22(28(34)30-15-16-35-24-10-6-8-19-7-2-3-9-21(19)24)17-23(20-12-13-20)31-27(26)33(32-18)25-11-4-5-14-29-25/h2-11,14,17,20H,12-13,15-16H2,1H3,(H,30,34). The molecule has 174 valence electrons. The number of aromatic nitrogens is 4. The lowest BCUT2D eigenvalue weighted by molar-refractivity contribution is 0.0948. The summed E-state index contributed by atoms with van der Waals surface area (Å²) in [7, 11) is 0. The molecule has 7 heteroatoms. The number of nitrogens with one attached hydrogen (secondary N) is 1. The molecule has 1 amide bonds. The number of ether oxygens (including phenoxy) is 1. The maximum Gasteiger partial charge on any atom is 0.252 e. The largest absolute Gasteiger partial charge is 0.491 e. The SMILES string of the molecule is Cc1nn(-c2ccccn2)c2nc(C3CC3)cc(C(=O)NCCOc3cccc4ccccc34)c12. The zero-order valence-corrected chi connectivity index (χ0v) is 19.4. The number of hydrogen-bond acceptors (Lipinski definition) is 5. The molecule has 0 bridgehead atoms. The summed E-state index contributed by atoms with van der Waals surface area (Å²) in [6, 6.07) is 21.7. The average molecular weight is 464 g/mol. The quantitative estimate of drug-likeness (QED) is 0.345. The van der Waals surface area contributed by atoms with Crippen molar-refractivity contribution >= 4 is 27.7 Å². The van der Waals surface area contributed by atoms with Gasteiger partial charge in [0.05, 0.1) is 23.2 Å². The molecule has 0 unspecified atom stereocenters. The maximum absolute atomic E-state index is 13.3. The predicted molar refractivity (Wildman–Crippen MR) is 135 cm³/mol. The first-order valence-corrected chi connectivity index (χ1v) is 11.9. The van der Waals surface area contributed by atoms with Gasteiger partial charge in [0.1, 0.15) is 12.4 Å². The molecular formula is C28H25N5O2. The number of rotatable bonds is 7. The molecule has 7 nitrogen and oxygen atoms in total. The smallest absolute Gasteiger partial charge is 0.252 e. The summed E-state index contributed by atoms with van der Waals surface area (Å²) < 4.78 is 7.73. The molecule has 0 atom stereocenters. The van der Waals surface area contributed by atoms with Gasteiger partial charge in [-0.05, 0) is 49.4 Å². The monoisotopic (exact) mass is 463 g/mol. The van der Waals surface area contributed by atoms with Crippen LogP contribution in [0.2, 0.25) is 0 Å². The van der Waals surface area contributed by atoms with Crippen molar-refractivity contribution in [2.24, 2.45) is 0 Å². The molecule has 0 aliphatic heterocycles. The molecule has 1 saturated carbocycles. The Morgan fingerprint density at radius 1 is 1.09 bits per heavy atom. The number of pyridine rings is 2. The molecule has 1 aliphatic carbocycles. The van der Waals surface area contributed by atoms with Crippen LogP contribution in [-0.2, 0) is 0 Å². The van der Waals surface area contributed by atoms with E-state index in [-0.39, 0.29) is 5.91 Å². The third-order valence-corrected chi connectivity index (χ3v) is 6.33. The van der Waals surface area contributed by atoms with Gasteiger partial charge < -0.3 is 10.1 Å². The number of carbonyl (C=O) groups excluding carboxylic acids is 1. The highest BCUT2D eigenvalue weighted by molar-refractivity contribution is 6.06. The fourth-order valence-electron chi connectivity index (χ4n) is 4.46. The van der Waals surface area contributed by atoms with Gasteiger partial charge in [0.15, 0.2) is 11.5 Å². The van der Waals surface area contributed by atoms with Gasteiger partial charge in [-0.25, -0.2) is 9.97 Å². The van der Waals surface area contributed by atoms with Gasteiger partial charge >= 0.3 is 0 Å². The predicted octanol–water partition coefficient (Wildman–Crippen LogP) is 4.96. The Morgan fingerprint density at radius 3 is 2.74 bits per heavy atom. The third kappa shape index (κ3) is 4.10. The number of carbonyl (C=O) groups is 1. The van der Waals surface area contributed by atoms with Crippen molar-refractivity contribution < 1.29 is 9.53 Å². The molecule has 1 aliphatic rings. The van der Waals surface area contributed by atoms with E-state index in [1.54, 1.807) is 10.9 Å². The van der Waals surface area contributed by atoms with Crippen molar-refractivity contribution in [2.75, 3.05) is 13.2 Å². The van der Waals surface area contributed by atoms with Crippen LogP contribution < -0.4 is 10.1 Å². The van der Waals surface area contributed by atoms with E-state index in [9.17, 15) is 4.79 Å². The van der Waals surface area contributed by atoms with Crippen molar-refractivity contribution in [1.82, 2.24) is 25.1 Å². The minimum absolute atomic E-state index is 0.149. The molecule has 3 aromatic heterocycles. The highest BCUT2D eigenvalue weighted by Crippen LogP contribution is 2.40. The maximum atomic E-state index is 13.3. The summed E-state index contributed by atoms with van der Waals surface area (Å²) in [4.78, 5) is 22.7. The molecule has 35 heavy (non-hydrogen) atoms. The van der Waals surface area contributed by atoms with E-state index in [1.807, 2.05) is 61.5 Å². The van der Waals surface area contributed by atoms with E-state index in [0.29, 0.717) is 36.1 Å². The summed E-state index contributed by atoms with van der Waals surface area (Å²) in [6.07, 6.45) is 3.91. The topological polar surface area (TPSA) is 81.9 Å². The van der Waals surface area contributed by atoms with E-state index in [4.69, 9.17) is 9.72 Å². The molecule has 1 N–H and O–H groups in total. The van der Waals surface area contributed by atoms with Crippen molar-refractivity contribution in [3.05, 3.63) is 89.9 Å². The fraction of sp³-hybridized carbons (Fsp3) is 0.214. The van der Waals surface area contributed by atoms with Crippen LogP contribution in [0.3, 0.4) is 0 Å². The number of nitrogens with zero attached hydrogens (tertiary/aromatic N) is 4. The molecule has 3 heterocycles. The zero-order chi connectivity index (χ0) is 23.8. The highest BCUT2D eigenvalue weighted by atomic mass is 16.5. The molecule has 6 rings (SSSR count). The van der Waals surface area contributed by atoms with Gasteiger partial charge in [-0.3, -0.25) is 4.79 Å². The second kappa shape index (κ2) is 8.83. The Morgan fingerprint density at radius 2 is 1.91 bits per heavy atom. The lowest BCUT2D eigenvalue weighted by Gasteiger charge is -2.11. The minimum Gasteiger partial charge on any atom is -0.491 e. The third-order valence-electron chi connectivity index (χ3n) is 6.33. The van der Waals surface area contributed by atoms with Crippen LogP contribution in [0.4, 0.5) is 0 Å². The van der Waals surface area contributed by atoms with Crippen LogP contribution >= 0.6 is 0 Å². The van der Waals surface area contributed by atoms with Crippen LogP contribution in [0.5, 0.6) is 5.75 Å². The molecule has 1 fully saturated rings. The van der Waals surface area contributed by atoms with Gasteiger partial charge in [-0.2, -0.15) is 9.78 Å². The van der Waals surface area contributed by atoms with Crippen molar-refractivity contribution in [3.63, 3.8) is 0 Å². The van der Waals surface area contributed by atoms with Gasteiger partial charge in [-0.15, -0.1) is 0 Å². The second-order valence-electron chi connectivity index (χ2n) is 8.83. The summed E-state index contributed by atoms with van der Waals surface area (Å²) >= 11 is 0. The number of benzene rings is 2. The summed E-state index contributed by atoms with van der Waals surface area (Å²) in [5.41, 5.74) is 2.95. The lowest BCUT2D eigenvalue weighted by atomic mass is 10.1. The van der Waals surface area contributed by atoms with Crippen molar-refractivity contribution in [2.45, 2.75) is 25.7 Å².